The lowest BCUT2D eigenvalue weighted by Gasteiger charge is -2.41. The van der Waals surface area contributed by atoms with Gasteiger partial charge in [0.1, 0.15) is 43.1 Å². The summed E-state index contributed by atoms with van der Waals surface area (Å²) in [6.45, 7) is 5.78. The van der Waals surface area contributed by atoms with Crippen molar-refractivity contribution in [1.82, 2.24) is 16.0 Å². The van der Waals surface area contributed by atoms with E-state index in [1.165, 1.54) is 20.8 Å². The third-order valence-corrected chi connectivity index (χ3v) is 6.92. The summed E-state index contributed by atoms with van der Waals surface area (Å²) < 4.78 is 16.8. The van der Waals surface area contributed by atoms with Gasteiger partial charge in [-0.25, -0.2) is 0 Å². The molecule has 0 saturated carbocycles. The van der Waals surface area contributed by atoms with Gasteiger partial charge in [-0.3, -0.25) is 28.8 Å². The van der Waals surface area contributed by atoms with Crippen molar-refractivity contribution < 1.29 is 53.2 Å². The number of ether oxygens (including phenoxy) is 3. The highest BCUT2D eigenvalue weighted by atomic mass is 16.6. The Hall–Kier alpha value is -3.30. The zero-order valence-corrected chi connectivity index (χ0v) is 25.5. The van der Waals surface area contributed by atoms with Gasteiger partial charge in [-0.15, -0.1) is 0 Å². The molecular formula is C28H48N4O11. The Morgan fingerprint density at radius 1 is 0.977 bits per heavy atom. The van der Waals surface area contributed by atoms with Gasteiger partial charge in [0.15, 0.2) is 0 Å². The van der Waals surface area contributed by atoms with Crippen LogP contribution in [-0.4, -0.2) is 102 Å². The van der Waals surface area contributed by atoms with Crippen molar-refractivity contribution in [2.75, 3.05) is 13.2 Å². The Balaban J connectivity index is 2.72. The van der Waals surface area contributed by atoms with Gasteiger partial charge in [0.25, 0.3) is 0 Å². The van der Waals surface area contributed by atoms with Crippen LogP contribution in [0, 0.1) is 0 Å². The summed E-state index contributed by atoms with van der Waals surface area (Å²) in [4.78, 5) is 71.6. The zero-order chi connectivity index (χ0) is 32.5. The van der Waals surface area contributed by atoms with E-state index in [0.29, 0.717) is 6.42 Å². The maximum atomic E-state index is 12.8. The number of nitrogens with two attached hydrogens (primary N) is 1. The largest absolute Gasteiger partial charge is 0.481 e. The number of carbonyl (C=O) groups is 6. The number of aliphatic carboxylic acids is 1. The number of carboxylic acids is 1. The van der Waals surface area contributed by atoms with Gasteiger partial charge in [-0.05, 0) is 26.7 Å². The van der Waals surface area contributed by atoms with Gasteiger partial charge in [0, 0.05) is 19.8 Å². The number of aliphatic hydroxyl groups is 1. The molecule has 15 heteroatoms. The molecule has 1 heterocycles. The lowest BCUT2D eigenvalue weighted by molar-refractivity contribution is -0.198. The highest BCUT2D eigenvalue weighted by Gasteiger charge is 2.43. The van der Waals surface area contributed by atoms with E-state index in [2.05, 4.69) is 22.9 Å². The summed E-state index contributed by atoms with van der Waals surface area (Å²) in [5, 5.41) is 27.1. The zero-order valence-electron chi connectivity index (χ0n) is 25.5. The molecule has 4 amide bonds. The van der Waals surface area contributed by atoms with Crippen molar-refractivity contribution in [2.24, 2.45) is 5.73 Å². The van der Waals surface area contributed by atoms with Gasteiger partial charge in [-0.2, -0.15) is 0 Å². The molecule has 7 atom stereocenters. The van der Waals surface area contributed by atoms with Crippen LogP contribution in [0.5, 0.6) is 0 Å². The molecule has 0 radical (unpaired) electrons. The normalized spacial score (nSPS) is 22.0. The number of aliphatic hydroxyl groups excluding tert-OH is 1. The highest BCUT2D eigenvalue weighted by molar-refractivity contribution is 5.92. The number of unbranched alkanes of at least 4 members (excludes halogenated alkanes) is 5. The van der Waals surface area contributed by atoms with Crippen molar-refractivity contribution in [2.45, 2.75) is 128 Å². The van der Waals surface area contributed by atoms with Crippen molar-refractivity contribution in [3.63, 3.8) is 0 Å². The van der Waals surface area contributed by atoms with E-state index in [-0.39, 0.29) is 26.1 Å². The molecule has 0 aliphatic carbocycles. The number of amides is 4. The molecule has 246 valence electrons. The lowest BCUT2D eigenvalue weighted by Crippen LogP contribution is -2.62. The average Bonchev–Trinajstić information content (AvgIpc) is 2.93. The third-order valence-electron chi connectivity index (χ3n) is 6.92. The van der Waals surface area contributed by atoms with Crippen LogP contribution in [0.2, 0.25) is 0 Å². The maximum absolute atomic E-state index is 12.8. The second-order valence-electron chi connectivity index (χ2n) is 10.7. The van der Waals surface area contributed by atoms with Crippen LogP contribution in [0.4, 0.5) is 0 Å². The SMILES string of the molecule is CCCCCCCCC(=O)OC[C@H]1OC[C@H](NC(C)=O)[C@H](OC(C)C(=O)N[C@@H](C)C(=O)N[C@H](CCC(=O)O)C(N)=O)[C@@H]1O. The number of esters is 1. The molecule has 0 aromatic carbocycles. The van der Waals surface area contributed by atoms with Crippen molar-refractivity contribution >= 4 is 35.6 Å². The minimum absolute atomic E-state index is 0.0844. The summed E-state index contributed by atoms with van der Waals surface area (Å²) >= 11 is 0. The van der Waals surface area contributed by atoms with E-state index in [0.717, 1.165) is 32.1 Å². The fourth-order valence-corrected chi connectivity index (χ4v) is 4.42. The summed E-state index contributed by atoms with van der Waals surface area (Å²) in [6, 6.07) is -3.23. The standard InChI is InChI=1S/C28H48N4O11/c1-5-6-7-8-9-10-11-23(36)42-15-21-24(37)25(20(14-41-21)31-18(4)33)43-17(3)28(40)30-16(2)27(39)32-19(26(29)38)12-13-22(34)35/h16-17,19-21,24-25,37H,5-15H2,1-4H3,(H2,29,38)(H,30,40)(H,31,33)(H,32,39)(H,34,35)/t16-,17?,19+,20-,21+,24+,25-/m0/s1. The Bertz CT molecular complexity index is 948. The second-order valence-corrected chi connectivity index (χ2v) is 10.7. The van der Waals surface area contributed by atoms with Crippen molar-refractivity contribution in [1.29, 1.82) is 0 Å². The van der Waals surface area contributed by atoms with Crippen LogP contribution in [-0.2, 0) is 43.0 Å². The van der Waals surface area contributed by atoms with Gasteiger partial charge in [-0.1, -0.05) is 39.0 Å². The topological polar surface area (TPSA) is 233 Å². The summed E-state index contributed by atoms with van der Waals surface area (Å²) in [5.41, 5.74) is 5.23. The first-order chi connectivity index (χ1) is 20.3. The molecular weight excluding hydrogens is 568 g/mol. The maximum Gasteiger partial charge on any atom is 0.305 e. The fourth-order valence-electron chi connectivity index (χ4n) is 4.42. The van der Waals surface area contributed by atoms with Gasteiger partial charge in [0.2, 0.25) is 23.6 Å². The summed E-state index contributed by atoms with van der Waals surface area (Å²) in [5.74, 6) is -4.47. The van der Waals surface area contributed by atoms with E-state index in [1.54, 1.807) is 0 Å². The van der Waals surface area contributed by atoms with Crippen LogP contribution in [0.3, 0.4) is 0 Å². The minimum atomic E-state index is -1.38. The number of primary amides is 1. The minimum Gasteiger partial charge on any atom is -0.481 e. The lowest BCUT2D eigenvalue weighted by atomic mass is 9.97. The molecule has 0 aromatic heterocycles. The Kier molecular flexibility index (Phi) is 17.4. The molecule has 1 saturated heterocycles. The molecule has 1 aliphatic rings. The number of hydrogen-bond acceptors (Lipinski definition) is 10. The molecule has 43 heavy (non-hydrogen) atoms. The quantitative estimate of drug-likeness (QED) is 0.0765. The van der Waals surface area contributed by atoms with Crippen LogP contribution in [0.15, 0.2) is 0 Å². The number of nitrogens with one attached hydrogen (secondary N) is 3. The molecule has 0 bridgehead atoms. The second kappa shape index (κ2) is 19.8. The monoisotopic (exact) mass is 616 g/mol. The predicted octanol–water partition coefficient (Wildman–Crippen LogP) is -0.342. The van der Waals surface area contributed by atoms with E-state index in [4.69, 9.17) is 25.1 Å². The van der Waals surface area contributed by atoms with Crippen LogP contribution in [0.25, 0.3) is 0 Å². The Morgan fingerprint density at radius 3 is 2.23 bits per heavy atom. The summed E-state index contributed by atoms with van der Waals surface area (Å²) in [7, 11) is 0. The molecule has 15 nitrogen and oxygen atoms in total. The number of carboxylic acid groups (broad SMARTS) is 1. The molecule has 0 spiro atoms. The molecule has 1 fully saturated rings. The number of rotatable bonds is 20. The van der Waals surface area contributed by atoms with Crippen LogP contribution >= 0.6 is 0 Å². The third kappa shape index (κ3) is 14.6. The van der Waals surface area contributed by atoms with Gasteiger partial charge >= 0.3 is 11.9 Å². The first-order valence-corrected chi connectivity index (χ1v) is 14.8. The highest BCUT2D eigenvalue weighted by Crippen LogP contribution is 2.21. The smallest absolute Gasteiger partial charge is 0.305 e. The van der Waals surface area contributed by atoms with Gasteiger partial charge < -0.3 is 46.1 Å². The molecule has 1 rings (SSSR count). The molecule has 7 N–H and O–H groups in total. The van der Waals surface area contributed by atoms with Crippen molar-refractivity contribution in [3.8, 4) is 0 Å². The first kappa shape index (κ1) is 37.7. The molecule has 0 aromatic rings. The van der Waals surface area contributed by atoms with Crippen LogP contribution < -0.4 is 21.7 Å². The molecule has 1 aliphatic heterocycles. The molecule has 1 unspecified atom stereocenters. The first-order valence-electron chi connectivity index (χ1n) is 14.8. The predicted molar refractivity (Wildman–Crippen MR) is 152 cm³/mol. The Labute approximate surface area is 251 Å². The fraction of sp³-hybridized carbons (Fsp3) is 0.786. The van der Waals surface area contributed by atoms with Gasteiger partial charge in [0.05, 0.1) is 12.6 Å². The van der Waals surface area contributed by atoms with E-state index >= 15 is 0 Å². The van der Waals surface area contributed by atoms with E-state index in [9.17, 15) is 33.9 Å². The van der Waals surface area contributed by atoms with E-state index < -0.39 is 84.5 Å². The summed E-state index contributed by atoms with van der Waals surface area (Å²) in [6.07, 6.45) is 0.994. The number of hydrogen-bond donors (Lipinski definition) is 6. The van der Waals surface area contributed by atoms with Crippen molar-refractivity contribution in [3.05, 3.63) is 0 Å². The average molecular weight is 617 g/mol. The Morgan fingerprint density at radius 2 is 1.63 bits per heavy atom. The van der Waals surface area contributed by atoms with Crippen LogP contribution in [0.1, 0.15) is 85.5 Å². The van der Waals surface area contributed by atoms with E-state index in [1.807, 2.05) is 0 Å². The number of carbonyl (C=O) groups excluding carboxylic acids is 5.